The van der Waals surface area contributed by atoms with Crippen LogP contribution in [0.5, 0.6) is 0 Å². The Bertz CT molecular complexity index is 530. The van der Waals surface area contributed by atoms with E-state index in [1.54, 1.807) is 4.90 Å². The van der Waals surface area contributed by atoms with Crippen LogP contribution in [0.1, 0.15) is 36.2 Å². The van der Waals surface area contributed by atoms with E-state index in [-0.39, 0.29) is 11.7 Å². The van der Waals surface area contributed by atoms with E-state index >= 15 is 0 Å². The fraction of sp³-hybridized carbons (Fsp3) is 0.467. The molecule has 0 bridgehead atoms. The maximum atomic E-state index is 12.7. The van der Waals surface area contributed by atoms with Crippen molar-refractivity contribution in [2.24, 2.45) is 16.8 Å². The lowest BCUT2D eigenvalue weighted by molar-refractivity contribution is 0.0739. The molecule has 0 aliphatic heterocycles. The van der Waals surface area contributed by atoms with Crippen molar-refractivity contribution in [1.82, 2.24) is 4.90 Å². The summed E-state index contributed by atoms with van der Waals surface area (Å²) < 4.78 is 0.782. The number of halogens is 1. The highest BCUT2D eigenvalue weighted by atomic mass is 79.9. The fourth-order valence-corrected chi connectivity index (χ4v) is 2.64. The van der Waals surface area contributed by atoms with Gasteiger partial charge in [0.2, 0.25) is 0 Å². The molecule has 0 saturated heterocycles. The van der Waals surface area contributed by atoms with Gasteiger partial charge in [-0.1, -0.05) is 25.1 Å². The zero-order valence-electron chi connectivity index (χ0n) is 12.6. The predicted molar refractivity (Wildman–Crippen MR) is 87.6 cm³/mol. The van der Waals surface area contributed by atoms with Gasteiger partial charge in [0.25, 0.3) is 5.91 Å². The van der Waals surface area contributed by atoms with Crippen LogP contribution in [0.3, 0.4) is 0 Å². The molecule has 0 radical (unpaired) electrons. The highest BCUT2D eigenvalue weighted by molar-refractivity contribution is 9.10. The van der Waals surface area contributed by atoms with Crippen LogP contribution in [0.2, 0.25) is 0 Å². The third-order valence-electron chi connectivity index (χ3n) is 2.99. The number of carbonyl (C=O) groups excluding carboxylic acids is 1. The second-order valence-electron chi connectivity index (χ2n) is 5.47. The van der Waals surface area contributed by atoms with E-state index in [1.807, 2.05) is 39.0 Å². The molecular formula is C15H22BrN3O2. The Hall–Kier alpha value is -1.56. The SMILES string of the molecule is Cc1ccc(C(=O)N(CC/C(N)=N/O)CC(C)C)c(Br)c1. The van der Waals surface area contributed by atoms with E-state index in [9.17, 15) is 4.79 Å². The summed E-state index contributed by atoms with van der Waals surface area (Å²) in [4.78, 5) is 14.4. The summed E-state index contributed by atoms with van der Waals surface area (Å²) >= 11 is 3.44. The van der Waals surface area contributed by atoms with Crippen LogP contribution in [-0.4, -0.2) is 34.9 Å². The van der Waals surface area contributed by atoms with Crippen LogP contribution >= 0.6 is 15.9 Å². The molecule has 1 aromatic carbocycles. The molecule has 0 saturated carbocycles. The van der Waals surface area contributed by atoms with Crippen molar-refractivity contribution in [2.75, 3.05) is 13.1 Å². The molecule has 0 heterocycles. The molecule has 0 aromatic heterocycles. The molecule has 0 fully saturated rings. The summed E-state index contributed by atoms with van der Waals surface area (Å²) in [6.45, 7) is 7.12. The number of hydrogen-bond donors (Lipinski definition) is 2. The van der Waals surface area contributed by atoms with Gasteiger partial charge in [-0.15, -0.1) is 0 Å². The van der Waals surface area contributed by atoms with Gasteiger partial charge in [0, 0.05) is 24.0 Å². The van der Waals surface area contributed by atoms with E-state index in [1.165, 1.54) is 0 Å². The molecule has 0 spiro atoms. The molecule has 6 heteroatoms. The third kappa shape index (κ3) is 5.38. The van der Waals surface area contributed by atoms with Crippen LogP contribution < -0.4 is 5.73 Å². The average Bonchev–Trinajstić information content (AvgIpc) is 2.42. The van der Waals surface area contributed by atoms with E-state index in [0.717, 1.165) is 10.0 Å². The van der Waals surface area contributed by atoms with Crippen molar-refractivity contribution in [2.45, 2.75) is 27.2 Å². The smallest absolute Gasteiger partial charge is 0.255 e. The molecule has 1 aromatic rings. The van der Waals surface area contributed by atoms with Gasteiger partial charge in [-0.05, 0) is 46.5 Å². The summed E-state index contributed by atoms with van der Waals surface area (Å²) in [5.74, 6) is 0.409. The van der Waals surface area contributed by atoms with Gasteiger partial charge in [0.15, 0.2) is 0 Å². The lowest BCUT2D eigenvalue weighted by Gasteiger charge is -2.25. The number of aryl methyl sites for hydroxylation is 1. The third-order valence-corrected chi connectivity index (χ3v) is 3.65. The largest absolute Gasteiger partial charge is 0.409 e. The van der Waals surface area contributed by atoms with Gasteiger partial charge >= 0.3 is 0 Å². The second-order valence-corrected chi connectivity index (χ2v) is 6.32. The monoisotopic (exact) mass is 355 g/mol. The van der Waals surface area contributed by atoms with Crippen LogP contribution in [0.15, 0.2) is 27.8 Å². The summed E-state index contributed by atoms with van der Waals surface area (Å²) in [6, 6.07) is 5.65. The normalized spacial score (nSPS) is 11.8. The Morgan fingerprint density at radius 2 is 2.14 bits per heavy atom. The van der Waals surface area contributed by atoms with E-state index in [0.29, 0.717) is 31.0 Å². The first kappa shape index (κ1) is 17.5. The van der Waals surface area contributed by atoms with Crippen LogP contribution in [0.25, 0.3) is 0 Å². The molecule has 5 nitrogen and oxygen atoms in total. The first-order chi connectivity index (χ1) is 9.85. The van der Waals surface area contributed by atoms with Crippen LogP contribution in [0, 0.1) is 12.8 Å². The Morgan fingerprint density at radius 3 is 2.67 bits per heavy atom. The number of rotatable bonds is 6. The number of amidine groups is 1. The van der Waals surface area contributed by atoms with Crippen molar-refractivity contribution in [3.63, 3.8) is 0 Å². The van der Waals surface area contributed by atoms with Crippen molar-refractivity contribution >= 4 is 27.7 Å². The molecule has 3 N–H and O–H groups in total. The van der Waals surface area contributed by atoms with Gasteiger partial charge < -0.3 is 15.8 Å². The summed E-state index contributed by atoms with van der Waals surface area (Å²) in [5, 5.41) is 11.6. The Morgan fingerprint density at radius 1 is 1.48 bits per heavy atom. The molecule has 0 aliphatic rings. The van der Waals surface area contributed by atoms with E-state index in [2.05, 4.69) is 21.1 Å². The molecule has 21 heavy (non-hydrogen) atoms. The molecular weight excluding hydrogens is 334 g/mol. The van der Waals surface area contributed by atoms with Gasteiger partial charge in [-0.2, -0.15) is 0 Å². The van der Waals surface area contributed by atoms with Crippen LogP contribution in [-0.2, 0) is 0 Å². The number of carbonyl (C=O) groups is 1. The summed E-state index contributed by atoms with van der Waals surface area (Å²) in [6.07, 6.45) is 0.346. The van der Waals surface area contributed by atoms with E-state index < -0.39 is 0 Å². The zero-order chi connectivity index (χ0) is 16.0. The molecule has 1 rings (SSSR count). The predicted octanol–water partition coefficient (Wildman–Crippen LogP) is 2.99. The lowest BCUT2D eigenvalue weighted by atomic mass is 10.1. The van der Waals surface area contributed by atoms with Gasteiger partial charge in [-0.25, -0.2) is 0 Å². The Balaban J connectivity index is 2.93. The van der Waals surface area contributed by atoms with E-state index in [4.69, 9.17) is 10.9 Å². The zero-order valence-corrected chi connectivity index (χ0v) is 14.2. The number of hydrogen-bond acceptors (Lipinski definition) is 3. The van der Waals surface area contributed by atoms with Crippen molar-refractivity contribution in [3.05, 3.63) is 33.8 Å². The van der Waals surface area contributed by atoms with Crippen LogP contribution in [0.4, 0.5) is 0 Å². The molecule has 0 aliphatic carbocycles. The number of nitrogens with zero attached hydrogens (tertiary/aromatic N) is 2. The first-order valence-corrected chi connectivity index (χ1v) is 7.66. The average molecular weight is 356 g/mol. The van der Waals surface area contributed by atoms with Crippen molar-refractivity contribution in [3.8, 4) is 0 Å². The first-order valence-electron chi connectivity index (χ1n) is 6.87. The maximum absolute atomic E-state index is 12.7. The fourth-order valence-electron chi connectivity index (χ4n) is 1.98. The number of oxime groups is 1. The molecule has 116 valence electrons. The van der Waals surface area contributed by atoms with Gasteiger partial charge in [-0.3, -0.25) is 4.79 Å². The highest BCUT2D eigenvalue weighted by Gasteiger charge is 2.19. The number of nitrogens with two attached hydrogens (primary N) is 1. The topological polar surface area (TPSA) is 78.9 Å². The maximum Gasteiger partial charge on any atom is 0.255 e. The van der Waals surface area contributed by atoms with Gasteiger partial charge in [0.05, 0.1) is 5.56 Å². The molecule has 0 atom stereocenters. The number of benzene rings is 1. The minimum atomic E-state index is -0.0543. The molecule has 1 amide bonds. The highest BCUT2D eigenvalue weighted by Crippen LogP contribution is 2.20. The second kappa shape index (κ2) is 8.02. The quantitative estimate of drug-likeness (QED) is 0.356. The minimum Gasteiger partial charge on any atom is -0.409 e. The number of amides is 1. The van der Waals surface area contributed by atoms with Crippen molar-refractivity contribution < 1.29 is 10.0 Å². The minimum absolute atomic E-state index is 0.0543. The lowest BCUT2D eigenvalue weighted by Crippen LogP contribution is -2.37. The Kier molecular flexibility index (Phi) is 6.68. The van der Waals surface area contributed by atoms with Gasteiger partial charge in [0.1, 0.15) is 5.84 Å². The van der Waals surface area contributed by atoms with Crippen molar-refractivity contribution in [1.29, 1.82) is 0 Å². The molecule has 0 unspecified atom stereocenters. The summed E-state index contributed by atoms with van der Waals surface area (Å²) in [5.41, 5.74) is 7.21. The Labute approximate surface area is 133 Å². The summed E-state index contributed by atoms with van der Waals surface area (Å²) in [7, 11) is 0. The standard InChI is InChI=1S/C15H22BrN3O2/c1-10(2)9-19(7-6-14(17)18-21)15(20)12-5-4-11(3)8-13(12)16/h4-5,8,10,21H,6-7,9H2,1-3H3,(H2,17,18).